The minimum absolute atomic E-state index is 0.0531. The van der Waals surface area contributed by atoms with Gasteiger partial charge in [-0.3, -0.25) is 4.79 Å². The summed E-state index contributed by atoms with van der Waals surface area (Å²) in [7, 11) is 0. The van der Waals surface area contributed by atoms with Crippen LogP contribution in [0.5, 0.6) is 0 Å². The maximum atomic E-state index is 14.1. The first-order valence-electron chi connectivity index (χ1n) is 10.9. The molecule has 2 amide bonds. The lowest BCUT2D eigenvalue weighted by atomic mass is 9.73. The SMILES string of the molecule is CC(C)(C)OC(=O)N1C(=O)[C@]2(c3ccccc31)[C@H](C=C(C#N)C#N)[C@@H](c1ccccc1)CN2O. The van der Waals surface area contributed by atoms with Gasteiger partial charge < -0.3 is 9.94 Å². The highest BCUT2D eigenvalue weighted by Crippen LogP contribution is 2.57. The summed E-state index contributed by atoms with van der Waals surface area (Å²) in [5.41, 5.74) is -1.21. The van der Waals surface area contributed by atoms with E-state index in [1.165, 1.54) is 6.08 Å². The van der Waals surface area contributed by atoms with Gasteiger partial charge in [-0.2, -0.15) is 15.6 Å². The van der Waals surface area contributed by atoms with Gasteiger partial charge in [0.25, 0.3) is 5.91 Å². The van der Waals surface area contributed by atoms with Crippen LogP contribution in [0.1, 0.15) is 37.8 Å². The third-order valence-electron chi connectivity index (χ3n) is 6.17. The van der Waals surface area contributed by atoms with Crippen LogP contribution in [0.15, 0.2) is 66.2 Å². The zero-order valence-corrected chi connectivity index (χ0v) is 19.1. The molecule has 8 heteroatoms. The lowest BCUT2D eigenvalue weighted by Gasteiger charge is -2.34. The molecule has 2 aliphatic heterocycles. The molecular formula is C26H24N4O4. The Hall–Kier alpha value is -3.98. The molecule has 3 atom stereocenters. The number of imide groups is 1. The Morgan fingerprint density at radius 1 is 1.12 bits per heavy atom. The highest BCUT2D eigenvalue weighted by Gasteiger charge is 2.66. The topological polar surface area (TPSA) is 118 Å². The second-order valence-corrected chi connectivity index (χ2v) is 9.33. The van der Waals surface area contributed by atoms with Crippen LogP contribution in [0.25, 0.3) is 0 Å². The Morgan fingerprint density at radius 2 is 1.74 bits per heavy atom. The summed E-state index contributed by atoms with van der Waals surface area (Å²) in [4.78, 5) is 28.2. The van der Waals surface area contributed by atoms with Gasteiger partial charge in [0.2, 0.25) is 0 Å². The van der Waals surface area contributed by atoms with E-state index in [9.17, 15) is 25.3 Å². The van der Waals surface area contributed by atoms with E-state index in [2.05, 4.69) is 0 Å². The molecule has 0 aliphatic carbocycles. The van der Waals surface area contributed by atoms with E-state index in [0.717, 1.165) is 15.5 Å². The van der Waals surface area contributed by atoms with Gasteiger partial charge >= 0.3 is 6.09 Å². The van der Waals surface area contributed by atoms with Crippen molar-refractivity contribution >= 4 is 17.7 Å². The Labute approximate surface area is 197 Å². The number of allylic oxidation sites excluding steroid dienone is 1. The molecule has 0 saturated carbocycles. The normalized spacial score (nSPS) is 23.8. The molecule has 2 aliphatic rings. The van der Waals surface area contributed by atoms with Crippen molar-refractivity contribution in [3.8, 4) is 12.1 Å². The predicted octanol–water partition coefficient (Wildman–Crippen LogP) is 4.24. The van der Waals surface area contributed by atoms with Crippen LogP contribution in [0.4, 0.5) is 10.5 Å². The van der Waals surface area contributed by atoms with Gasteiger partial charge in [0.15, 0.2) is 5.54 Å². The molecule has 0 bridgehead atoms. The first kappa shape index (κ1) is 23.2. The molecular weight excluding hydrogens is 432 g/mol. The second kappa shape index (κ2) is 8.42. The summed E-state index contributed by atoms with van der Waals surface area (Å²) < 4.78 is 5.50. The summed E-state index contributed by atoms with van der Waals surface area (Å²) in [6.45, 7) is 5.15. The molecule has 8 nitrogen and oxygen atoms in total. The van der Waals surface area contributed by atoms with Crippen molar-refractivity contribution in [3.63, 3.8) is 0 Å². The van der Waals surface area contributed by atoms with Crippen LogP contribution in [-0.4, -0.2) is 34.4 Å². The minimum Gasteiger partial charge on any atom is -0.443 e. The number of para-hydroxylation sites is 1. The van der Waals surface area contributed by atoms with Gasteiger partial charge in [-0.1, -0.05) is 48.5 Å². The maximum Gasteiger partial charge on any atom is 0.421 e. The number of ether oxygens (including phenoxy) is 1. The van der Waals surface area contributed by atoms with Crippen molar-refractivity contribution < 1.29 is 19.5 Å². The van der Waals surface area contributed by atoms with Crippen molar-refractivity contribution in [2.24, 2.45) is 5.92 Å². The first-order valence-corrected chi connectivity index (χ1v) is 10.9. The zero-order chi connectivity index (χ0) is 24.7. The number of anilines is 1. The van der Waals surface area contributed by atoms with E-state index in [4.69, 9.17) is 4.74 Å². The van der Waals surface area contributed by atoms with E-state index in [1.807, 2.05) is 42.5 Å². The summed E-state index contributed by atoms with van der Waals surface area (Å²) in [5, 5.41) is 31.2. The fraction of sp³-hybridized carbons (Fsp3) is 0.308. The molecule has 0 radical (unpaired) electrons. The number of fused-ring (bicyclic) bond motifs is 2. The van der Waals surface area contributed by atoms with Crippen molar-refractivity contribution in [2.75, 3.05) is 11.4 Å². The zero-order valence-electron chi connectivity index (χ0n) is 19.1. The fourth-order valence-electron chi connectivity index (χ4n) is 4.88. The first-order chi connectivity index (χ1) is 16.1. The lowest BCUT2D eigenvalue weighted by molar-refractivity contribution is -0.172. The maximum absolute atomic E-state index is 14.1. The predicted molar refractivity (Wildman–Crippen MR) is 122 cm³/mol. The number of nitriles is 2. The minimum atomic E-state index is -1.72. The molecule has 0 unspecified atom stereocenters. The number of amides is 2. The van der Waals surface area contributed by atoms with E-state index in [1.54, 1.807) is 45.0 Å². The smallest absolute Gasteiger partial charge is 0.421 e. The average Bonchev–Trinajstić information content (AvgIpc) is 3.24. The summed E-state index contributed by atoms with van der Waals surface area (Å²) in [6.07, 6.45) is 0.572. The highest BCUT2D eigenvalue weighted by molar-refractivity contribution is 6.21. The van der Waals surface area contributed by atoms with Crippen molar-refractivity contribution in [2.45, 2.75) is 37.8 Å². The van der Waals surface area contributed by atoms with Crippen LogP contribution in [-0.2, 0) is 15.1 Å². The number of carbonyl (C=O) groups excluding carboxylic acids is 2. The Bertz CT molecular complexity index is 1240. The van der Waals surface area contributed by atoms with Gasteiger partial charge in [0, 0.05) is 23.9 Å². The number of benzene rings is 2. The number of hydrogen-bond acceptors (Lipinski definition) is 7. The molecule has 172 valence electrons. The highest BCUT2D eigenvalue weighted by atomic mass is 16.6. The Kier molecular flexibility index (Phi) is 5.74. The number of nitrogens with zero attached hydrogens (tertiary/aromatic N) is 4. The molecule has 1 fully saturated rings. The molecule has 1 saturated heterocycles. The van der Waals surface area contributed by atoms with Gasteiger partial charge in [-0.15, -0.1) is 0 Å². The summed E-state index contributed by atoms with van der Waals surface area (Å²) >= 11 is 0. The van der Waals surface area contributed by atoms with Crippen LogP contribution in [0.3, 0.4) is 0 Å². The van der Waals surface area contributed by atoms with E-state index >= 15 is 0 Å². The third kappa shape index (κ3) is 3.54. The van der Waals surface area contributed by atoms with Gasteiger partial charge in [0.05, 0.1) is 5.69 Å². The van der Waals surface area contributed by atoms with Crippen molar-refractivity contribution in [3.05, 3.63) is 77.4 Å². The average molecular weight is 457 g/mol. The van der Waals surface area contributed by atoms with E-state index < -0.39 is 35.0 Å². The largest absolute Gasteiger partial charge is 0.443 e. The number of hydroxylamine groups is 2. The van der Waals surface area contributed by atoms with Crippen molar-refractivity contribution in [1.82, 2.24) is 5.06 Å². The number of hydrogen-bond donors (Lipinski definition) is 1. The molecule has 1 N–H and O–H groups in total. The molecule has 2 heterocycles. The molecule has 0 aromatic heterocycles. The molecule has 4 rings (SSSR count). The summed E-state index contributed by atoms with van der Waals surface area (Å²) in [5.74, 6) is -1.94. The van der Waals surface area contributed by atoms with Crippen LogP contribution in [0.2, 0.25) is 0 Å². The monoisotopic (exact) mass is 456 g/mol. The van der Waals surface area contributed by atoms with Crippen LogP contribution < -0.4 is 4.90 Å². The standard InChI is InChI=1S/C26H24N4O4/c1-25(2,3)34-24(32)30-22-12-8-7-11-20(22)26(23(30)31)21(13-17(14-27)15-28)19(16-29(26)33)18-9-5-4-6-10-18/h4-13,19,21,33H,16H2,1-3H3/t19-,21-,26+/m1/s1. The van der Waals surface area contributed by atoms with Crippen molar-refractivity contribution in [1.29, 1.82) is 10.5 Å². The Balaban J connectivity index is 1.95. The Morgan fingerprint density at radius 3 is 2.35 bits per heavy atom. The molecule has 1 spiro atoms. The second-order valence-electron chi connectivity index (χ2n) is 9.33. The lowest BCUT2D eigenvalue weighted by Crippen LogP contribution is -2.53. The van der Waals surface area contributed by atoms with Gasteiger partial charge in [-0.05, 0) is 38.5 Å². The fourth-order valence-corrected chi connectivity index (χ4v) is 4.88. The van der Waals surface area contributed by atoms with Gasteiger partial charge in [0.1, 0.15) is 23.3 Å². The van der Waals surface area contributed by atoms with E-state index in [0.29, 0.717) is 11.3 Å². The molecule has 2 aromatic rings. The molecule has 34 heavy (non-hydrogen) atoms. The number of carbonyl (C=O) groups is 2. The van der Waals surface area contributed by atoms with Gasteiger partial charge in [-0.25, -0.2) is 9.69 Å². The summed E-state index contributed by atoms with van der Waals surface area (Å²) in [6, 6.07) is 19.7. The van der Waals surface area contributed by atoms with Crippen LogP contribution >= 0.6 is 0 Å². The quantitative estimate of drug-likeness (QED) is 0.672. The van der Waals surface area contributed by atoms with E-state index in [-0.39, 0.29) is 12.1 Å². The van der Waals surface area contributed by atoms with Crippen LogP contribution in [0, 0.1) is 28.6 Å². The third-order valence-corrected chi connectivity index (χ3v) is 6.17. The molecule has 2 aromatic carbocycles. The number of rotatable bonds is 2.